The lowest BCUT2D eigenvalue weighted by molar-refractivity contribution is 0.102. The van der Waals surface area contributed by atoms with Gasteiger partial charge in [0.1, 0.15) is 5.15 Å². The second-order valence-corrected chi connectivity index (χ2v) is 7.23. The molecule has 7 heteroatoms. The Kier molecular flexibility index (Phi) is 4.78. The van der Waals surface area contributed by atoms with E-state index in [9.17, 15) is 4.79 Å². The van der Waals surface area contributed by atoms with Gasteiger partial charge < -0.3 is 11.1 Å². The van der Waals surface area contributed by atoms with Crippen LogP contribution in [0.3, 0.4) is 0 Å². The first-order valence-electron chi connectivity index (χ1n) is 7.48. The molecular weight excluding hydrogens is 344 g/mol. The normalized spacial score (nSPS) is 20.3. The molecule has 1 aromatic carbocycles. The first-order chi connectivity index (χ1) is 11.5. The molecule has 1 atom stereocenters. The largest absolute Gasteiger partial charge is 0.379 e. The van der Waals surface area contributed by atoms with Gasteiger partial charge in [-0.05, 0) is 43.2 Å². The number of pyridine rings is 1. The van der Waals surface area contributed by atoms with Crippen LogP contribution in [0, 0.1) is 0 Å². The van der Waals surface area contributed by atoms with E-state index < -0.39 is 0 Å². The summed E-state index contributed by atoms with van der Waals surface area (Å²) in [6.07, 6.45) is 2.40. The number of thioether (sulfide) groups is 1. The number of nitrogens with one attached hydrogen (secondary N) is 1. The topological polar surface area (TPSA) is 80.4 Å². The van der Waals surface area contributed by atoms with Crippen molar-refractivity contribution in [3.8, 4) is 0 Å². The molecule has 5 nitrogen and oxygen atoms in total. The van der Waals surface area contributed by atoms with Crippen LogP contribution in [0.25, 0.3) is 0 Å². The van der Waals surface area contributed by atoms with Crippen molar-refractivity contribution in [2.45, 2.75) is 18.9 Å². The van der Waals surface area contributed by atoms with E-state index in [0.717, 1.165) is 17.7 Å². The summed E-state index contributed by atoms with van der Waals surface area (Å²) >= 11 is 7.40. The van der Waals surface area contributed by atoms with Gasteiger partial charge in [0, 0.05) is 23.2 Å². The molecule has 0 spiro atoms. The fourth-order valence-corrected chi connectivity index (χ4v) is 3.72. The summed E-state index contributed by atoms with van der Waals surface area (Å²) in [6, 6.07) is 10.8. The van der Waals surface area contributed by atoms with E-state index in [2.05, 4.69) is 22.2 Å². The highest BCUT2D eigenvalue weighted by Gasteiger charge is 2.29. The SMILES string of the molecule is CC1(c2cccc(NC(=O)c3ccnc(Cl)c3)c2)CCSC(N)=N1. The zero-order valence-electron chi connectivity index (χ0n) is 13.1. The van der Waals surface area contributed by atoms with Crippen LogP contribution < -0.4 is 11.1 Å². The van der Waals surface area contributed by atoms with Gasteiger partial charge in [-0.25, -0.2) is 4.98 Å². The summed E-state index contributed by atoms with van der Waals surface area (Å²) in [4.78, 5) is 20.8. The number of rotatable bonds is 3. The van der Waals surface area contributed by atoms with Gasteiger partial charge in [-0.3, -0.25) is 9.79 Å². The van der Waals surface area contributed by atoms with E-state index in [1.54, 1.807) is 17.8 Å². The highest BCUT2D eigenvalue weighted by molar-refractivity contribution is 8.13. The van der Waals surface area contributed by atoms with Crippen molar-refractivity contribution in [2.75, 3.05) is 11.1 Å². The Balaban J connectivity index is 1.83. The molecule has 0 radical (unpaired) electrons. The molecular formula is C17H17ClN4OS. The number of benzene rings is 1. The van der Waals surface area contributed by atoms with Crippen molar-refractivity contribution < 1.29 is 4.79 Å². The lowest BCUT2D eigenvalue weighted by Crippen LogP contribution is -2.28. The van der Waals surface area contributed by atoms with E-state index in [4.69, 9.17) is 17.3 Å². The van der Waals surface area contributed by atoms with Crippen LogP contribution in [0.1, 0.15) is 29.3 Å². The molecule has 124 valence electrons. The van der Waals surface area contributed by atoms with Gasteiger partial charge in [-0.1, -0.05) is 35.5 Å². The predicted octanol–water partition coefficient (Wildman–Crippen LogP) is 3.65. The minimum atomic E-state index is -0.365. The Labute approximate surface area is 149 Å². The van der Waals surface area contributed by atoms with Crippen LogP contribution in [-0.4, -0.2) is 21.8 Å². The molecule has 0 bridgehead atoms. The highest BCUT2D eigenvalue weighted by Crippen LogP contribution is 2.35. The average Bonchev–Trinajstić information content (AvgIpc) is 2.55. The molecule has 0 fully saturated rings. The highest BCUT2D eigenvalue weighted by atomic mass is 35.5. The molecule has 1 aliphatic heterocycles. The van der Waals surface area contributed by atoms with Crippen molar-refractivity contribution in [2.24, 2.45) is 10.7 Å². The van der Waals surface area contributed by atoms with Gasteiger partial charge in [-0.15, -0.1) is 0 Å². The zero-order valence-corrected chi connectivity index (χ0v) is 14.7. The second kappa shape index (κ2) is 6.83. The van der Waals surface area contributed by atoms with Crippen LogP contribution in [0.15, 0.2) is 47.6 Å². The number of aliphatic imine (C=N–C) groups is 1. The van der Waals surface area contributed by atoms with E-state index >= 15 is 0 Å². The molecule has 1 unspecified atom stereocenters. The number of halogens is 1. The van der Waals surface area contributed by atoms with Crippen molar-refractivity contribution in [3.05, 3.63) is 58.9 Å². The molecule has 1 amide bonds. The fraction of sp³-hybridized carbons (Fsp3) is 0.235. The average molecular weight is 361 g/mol. The van der Waals surface area contributed by atoms with E-state index in [-0.39, 0.29) is 16.6 Å². The lowest BCUT2D eigenvalue weighted by atomic mass is 9.89. The number of carbonyl (C=O) groups is 1. The van der Waals surface area contributed by atoms with Gasteiger partial charge in [0.2, 0.25) is 0 Å². The Bertz CT molecular complexity index is 811. The number of aromatic nitrogens is 1. The fourth-order valence-electron chi connectivity index (χ4n) is 2.57. The monoisotopic (exact) mass is 360 g/mol. The molecule has 1 aliphatic rings. The maximum absolute atomic E-state index is 12.3. The minimum absolute atomic E-state index is 0.233. The summed E-state index contributed by atoms with van der Waals surface area (Å²) in [6.45, 7) is 2.06. The number of nitrogens with two attached hydrogens (primary N) is 1. The number of nitrogens with zero attached hydrogens (tertiary/aromatic N) is 2. The van der Waals surface area contributed by atoms with Crippen molar-refractivity contribution >= 4 is 40.1 Å². The third-order valence-corrected chi connectivity index (χ3v) is 4.93. The van der Waals surface area contributed by atoms with Crippen molar-refractivity contribution in [1.29, 1.82) is 0 Å². The third-order valence-electron chi connectivity index (χ3n) is 3.93. The number of anilines is 1. The van der Waals surface area contributed by atoms with Crippen LogP contribution >= 0.6 is 23.4 Å². The summed E-state index contributed by atoms with van der Waals surface area (Å²) in [5.41, 5.74) is 7.71. The number of hydrogen-bond donors (Lipinski definition) is 2. The molecule has 24 heavy (non-hydrogen) atoms. The van der Waals surface area contributed by atoms with E-state index in [0.29, 0.717) is 16.4 Å². The second-order valence-electron chi connectivity index (χ2n) is 5.72. The van der Waals surface area contributed by atoms with Crippen LogP contribution in [0.2, 0.25) is 5.15 Å². The summed E-state index contributed by atoms with van der Waals surface area (Å²) in [7, 11) is 0. The van der Waals surface area contributed by atoms with Crippen LogP contribution in [-0.2, 0) is 5.54 Å². The minimum Gasteiger partial charge on any atom is -0.379 e. The quantitative estimate of drug-likeness (QED) is 0.818. The Morgan fingerprint density at radius 3 is 2.96 bits per heavy atom. The number of carbonyl (C=O) groups excluding carboxylic acids is 1. The Morgan fingerprint density at radius 1 is 1.38 bits per heavy atom. The molecule has 0 saturated carbocycles. The lowest BCUT2D eigenvalue weighted by Gasteiger charge is -2.30. The van der Waals surface area contributed by atoms with Crippen molar-refractivity contribution in [1.82, 2.24) is 4.98 Å². The van der Waals surface area contributed by atoms with E-state index in [1.807, 2.05) is 24.3 Å². The number of amidine groups is 1. The first-order valence-corrected chi connectivity index (χ1v) is 8.84. The van der Waals surface area contributed by atoms with Gasteiger partial charge in [0.25, 0.3) is 5.91 Å². The number of amides is 1. The standard InChI is InChI=1S/C17H17ClN4OS/c1-17(6-8-24-16(19)22-17)12-3-2-4-13(10-12)21-15(23)11-5-7-20-14(18)9-11/h2-5,7,9-10H,6,8H2,1H3,(H2,19,22)(H,21,23). The maximum Gasteiger partial charge on any atom is 0.255 e. The molecule has 3 rings (SSSR count). The van der Waals surface area contributed by atoms with Crippen molar-refractivity contribution in [3.63, 3.8) is 0 Å². The number of hydrogen-bond acceptors (Lipinski definition) is 5. The third kappa shape index (κ3) is 3.71. The molecule has 0 aliphatic carbocycles. The van der Waals surface area contributed by atoms with Gasteiger partial charge >= 0.3 is 0 Å². The predicted molar refractivity (Wildman–Crippen MR) is 99.7 cm³/mol. The maximum atomic E-state index is 12.3. The summed E-state index contributed by atoms with van der Waals surface area (Å²) < 4.78 is 0. The van der Waals surface area contributed by atoms with Gasteiger partial charge in [0.15, 0.2) is 5.17 Å². The summed E-state index contributed by atoms with van der Waals surface area (Å²) in [5.74, 6) is 0.696. The molecule has 2 heterocycles. The molecule has 0 saturated heterocycles. The van der Waals surface area contributed by atoms with Gasteiger partial charge in [-0.2, -0.15) is 0 Å². The van der Waals surface area contributed by atoms with E-state index in [1.165, 1.54) is 12.3 Å². The molecule has 2 aromatic rings. The van der Waals surface area contributed by atoms with Crippen LogP contribution in [0.4, 0.5) is 5.69 Å². The smallest absolute Gasteiger partial charge is 0.255 e. The summed E-state index contributed by atoms with van der Waals surface area (Å²) in [5, 5.41) is 3.77. The van der Waals surface area contributed by atoms with Crippen LogP contribution in [0.5, 0.6) is 0 Å². The first kappa shape index (κ1) is 16.8. The Morgan fingerprint density at radius 2 is 2.21 bits per heavy atom. The van der Waals surface area contributed by atoms with Gasteiger partial charge in [0.05, 0.1) is 5.54 Å². The molecule has 3 N–H and O–H groups in total. The zero-order chi connectivity index (χ0) is 17.2. The molecule has 1 aromatic heterocycles. The Hall–Kier alpha value is -2.05.